The summed E-state index contributed by atoms with van der Waals surface area (Å²) in [7, 11) is 0. The Kier molecular flexibility index (Phi) is 5.85. The van der Waals surface area contributed by atoms with Gasteiger partial charge in [0.15, 0.2) is 0 Å². The summed E-state index contributed by atoms with van der Waals surface area (Å²) in [6.45, 7) is 7.91. The van der Waals surface area contributed by atoms with E-state index >= 15 is 0 Å². The summed E-state index contributed by atoms with van der Waals surface area (Å²) in [6.07, 6.45) is 11.4. The van der Waals surface area contributed by atoms with Crippen molar-refractivity contribution in [2.24, 2.45) is 5.92 Å². The van der Waals surface area contributed by atoms with Gasteiger partial charge in [-0.3, -0.25) is 0 Å². The third-order valence-corrected chi connectivity index (χ3v) is 1.44. The van der Waals surface area contributed by atoms with Gasteiger partial charge in [0.2, 0.25) is 0 Å². The second kappa shape index (κ2) is 6.34. The summed E-state index contributed by atoms with van der Waals surface area (Å²) in [5, 5.41) is 0. The Morgan fingerprint density at radius 3 is 2.50 bits per heavy atom. The molecule has 0 fully saturated rings. The van der Waals surface area contributed by atoms with E-state index in [4.69, 9.17) is 0 Å². The molecule has 0 rings (SSSR count). The van der Waals surface area contributed by atoms with Crippen molar-refractivity contribution in [1.29, 1.82) is 0 Å². The van der Waals surface area contributed by atoms with Gasteiger partial charge in [-0.15, -0.1) is 6.58 Å². The van der Waals surface area contributed by atoms with E-state index in [0.717, 1.165) is 6.42 Å². The first-order chi connectivity index (χ1) is 4.85. The summed E-state index contributed by atoms with van der Waals surface area (Å²) in [5.74, 6) is 0.538. The smallest absolute Gasteiger partial charge is 0.00557 e. The Morgan fingerprint density at radius 2 is 2.10 bits per heavy atom. The first-order valence-corrected chi connectivity index (χ1v) is 3.77. The molecular formula is C10H16. The summed E-state index contributed by atoms with van der Waals surface area (Å²) >= 11 is 0. The van der Waals surface area contributed by atoms with Crippen molar-refractivity contribution < 1.29 is 0 Å². The van der Waals surface area contributed by atoms with Crippen LogP contribution in [-0.2, 0) is 0 Å². The predicted molar refractivity (Wildman–Crippen MR) is 47.9 cm³/mol. The Balaban J connectivity index is 3.71. The maximum absolute atomic E-state index is 3.74. The van der Waals surface area contributed by atoms with Crippen molar-refractivity contribution in [3.8, 4) is 0 Å². The van der Waals surface area contributed by atoms with E-state index in [-0.39, 0.29) is 0 Å². The highest BCUT2D eigenvalue weighted by Gasteiger charge is 1.90. The zero-order valence-corrected chi connectivity index (χ0v) is 6.88. The molecule has 0 saturated heterocycles. The van der Waals surface area contributed by atoms with Gasteiger partial charge in [0.1, 0.15) is 0 Å². The SMILES string of the molecule is C=CC(C=C/C=C\C)CC. The minimum Gasteiger partial charge on any atom is -0.102 e. The summed E-state index contributed by atoms with van der Waals surface area (Å²) < 4.78 is 0. The van der Waals surface area contributed by atoms with Gasteiger partial charge in [-0.25, -0.2) is 0 Å². The third-order valence-electron chi connectivity index (χ3n) is 1.44. The van der Waals surface area contributed by atoms with Crippen LogP contribution in [0.2, 0.25) is 0 Å². The molecular weight excluding hydrogens is 120 g/mol. The zero-order chi connectivity index (χ0) is 7.82. The van der Waals surface area contributed by atoms with Crippen molar-refractivity contribution in [1.82, 2.24) is 0 Å². The van der Waals surface area contributed by atoms with Crippen LogP contribution >= 0.6 is 0 Å². The van der Waals surface area contributed by atoms with E-state index < -0.39 is 0 Å². The van der Waals surface area contributed by atoms with E-state index in [2.05, 4.69) is 25.7 Å². The van der Waals surface area contributed by atoms with Crippen LogP contribution in [0.15, 0.2) is 37.0 Å². The van der Waals surface area contributed by atoms with Crippen LogP contribution in [0.4, 0.5) is 0 Å². The van der Waals surface area contributed by atoms with Gasteiger partial charge in [0.05, 0.1) is 0 Å². The molecule has 0 aromatic carbocycles. The van der Waals surface area contributed by atoms with Crippen molar-refractivity contribution >= 4 is 0 Å². The van der Waals surface area contributed by atoms with E-state index in [0.29, 0.717) is 5.92 Å². The lowest BCUT2D eigenvalue weighted by Crippen LogP contribution is -1.85. The highest BCUT2D eigenvalue weighted by Crippen LogP contribution is 2.04. The fourth-order valence-corrected chi connectivity index (χ4v) is 0.699. The van der Waals surface area contributed by atoms with E-state index in [1.165, 1.54) is 0 Å². The third kappa shape index (κ3) is 4.13. The van der Waals surface area contributed by atoms with Crippen molar-refractivity contribution in [3.05, 3.63) is 37.0 Å². The minimum atomic E-state index is 0.538. The molecule has 0 aromatic heterocycles. The molecule has 0 amide bonds. The maximum Gasteiger partial charge on any atom is -0.00557 e. The summed E-state index contributed by atoms with van der Waals surface area (Å²) in [4.78, 5) is 0. The molecule has 0 radical (unpaired) electrons. The topological polar surface area (TPSA) is 0 Å². The second-order valence-corrected chi connectivity index (χ2v) is 2.22. The molecule has 0 aliphatic heterocycles. The Bertz CT molecular complexity index is 129. The average molecular weight is 136 g/mol. The number of rotatable bonds is 4. The van der Waals surface area contributed by atoms with Gasteiger partial charge in [-0.2, -0.15) is 0 Å². The standard InChI is InChI=1S/C10H16/c1-4-7-8-9-10(5-2)6-3/h4-5,7-10H,2,6H2,1,3H3/b7-4-,9-8?. The normalized spacial score (nSPS) is 14.6. The lowest BCUT2D eigenvalue weighted by molar-refractivity contribution is 0.776. The maximum atomic E-state index is 3.74. The molecule has 56 valence electrons. The fraction of sp³-hybridized carbons (Fsp3) is 0.400. The van der Waals surface area contributed by atoms with Gasteiger partial charge < -0.3 is 0 Å². The van der Waals surface area contributed by atoms with E-state index in [1.807, 2.05) is 25.2 Å². The van der Waals surface area contributed by atoms with Crippen LogP contribution in [0.25, 0.3) is 0 Å². The van der Waals surface area contributed by atoms with Gasteiger partial charge in [-0.1, -0.05) is 37.3 Å². The van der Waals surface area contributed by atoms with Crippen LogP contribution in [0, 0.1) is 5.92 Å². The van der Waals surface area contributed by atoms with E-state index in [9.17, 15) is 0 Å². The van der Waals surface area contributed by atoms with Gasteiger partial charge in [-0.05, 0) is 19.3 Å². The molecule has 1 atom stereocenters. The average Bonchev–Trinajstić information content (AvgIpc) is 1.99. The fourth-order valence-electron chi connectivity index (χ4n) is 0.699. The lowest BCUT2D eigenvalue weighted by Gasteiger charge is -1.98. The van der Waals surface area contributed by atoms with E-state index in [1.54, 1.807) is 0 Å². The van der Waals surface area contributed by atoms with Crippen molar-refractivity contribution in [2.75, 3.05) is 0 Å². The minimum absolute atomic E-state index is 0.538. The number of hydrogen-bond acceptors (Lipinski definition) is 0. The quantitative estimate of drug-likeness (QED) is 0.411. The number of allylic oxidation sites excluding steroid dienone is 5. The predicted octanol–water partition coefficient (Wildman–Crippen LogP) is 3.33. The Labute approximate surface area is 64.0 Å². The largest absolute Gasteiger partial charge is 0.102 e. The number of hydrogen-bond donors (Lipinski definition) is 0. The van der Waals surface area contributed by atoms with Crippen LogP contribution < -0.4 is 0 Å². The molecule has 0 saturated carbocycles. The Hall–Kier alpha value is -0.780. The van der Waals surface area contributed by atoms with Gasteiger partial charge >= 0.3 is 0 Å². The van der Waals surface area contributed by atoms with Crippen LogP contribution in [0.3, 0.4) is 0 Å². The molecule has 0 heterocycles. The molecule has 0 bridgehead atoms. The zero-order valence-electron chi connectivity index (χ0n) is 6.88. The summed E-state index contributed by atoms with van der Waals surface area (Å²) in [6, 6.07) is 0. The Morgan fingerprint density at radius 1 is 1.40 bits per heavy atom. The van der Waals surface area contributed by atoms with Crippen LogP contribution in [-0.4, -0.2) is 0 Å². The molecule has 0 heteroatoms. The first kappa shape index (κ1) is 9.22. The van der Waals surface area contributed by atoms with Gasteiger partial charge in [0, 0.05) is 0 Å². The van der Waals surface area contributed by atoms with Crippen molar-refractivity contribution in [3.63, 3.8) is 0 Å². The highest BCUT2D eigenvalue weighted by atomic mass is 14.0. The second-order valence-electron chi connectivity index (χ2n) is 2.22. The van der Waals surface area contributed by atoms with Crippen LogP contribution in [0.1, 0.15) is 20.3 Å². The molecule has 0 aliphatic rings. The first-order valence-electron chi connectivity index (χ1n) is 3.77. The molecule has 0 aliphatic carbocycles. The molecule has 0 spiro atoms. The van der Waals surface area contributed by atoms with Crippen LogP contribution in [0.5, 0.6) is 0 Å². The molecule has 10 heavy (non-hydrogen) atoms. The molecule has 0 N–H and O–H groups in total. The monoisotopic (exact) mass is 136 g/mol. The van der Waals surface area contributed by atoms with Crippen molar-refractivity contribution in [2.45, 2.75) is 20.3 Å². The molecule has 1 unspecified atom stereocenters. The molecule has 0 nitrogen and oxygen atoms in total. The lowest BCUT2D eigenvalue weighted by atomic mass is 10.1. The molecule has 0 aromatic rings. The highest BCUT2D eigenvalue weighted by molar-refractivity contribution is 5.06. The summed E-state index contributed by atoms with van der Waals surface area (Å²) in [5.41, 5.74) is 0. The van der Waals surface area contributed by atoms with Gasteiger partial charge in [0.25, 0.3) is 0 Å².